The molecule has 11 nitrogen and oxygen atoms in total. The van der Waals surface area contributed by atoms with E-state index in [4.69, 9.17) is 5.73 Å². The fraction of sp³-hybridized carbons (Fsp3) is 0.417. The van der Waals surface area contributed by atoms with E-state index in [9.17, 15) is 22.8 Å². The summed E-state index contributed by atoms with van der Waals surface area (Å²) < 4.78 is 28.8. The van der Waals surface area contributed by atoms with E-state index in [0.29, 0.717) is 19.0 Å². The quantitative estimate of drug-likeness (QED) is 0.432. The van der Waals surface area contributed by atoms with Gasteiger partial charge in [0, 0.05) is 26.2 Å². The Hall–Kier alpha value is -3.69. The summed E-state index contributed by atoms with van der Waals surface area (Å²) in [4.78, 5) is 45.9. The van der Waals surface area contributed by atoms with Gasteiger partial charge in [-0.2, -0.15) is 4.98 Å². The lowest BCUT2D eigenvalue weighted by Gasteiger charge is -2.31. The third kappa shape index (κ3) is 4.84. The minimum Gasteiger partial charge on any atom is -0.341 e. The highest BCUT2D eigenvalue weighted by molar-refractivity contribution is 7.92. The van der Waals surface area contributed by atoms with Crippen molar-refractivity contribution in [3.05, 3.63) is 51.2 Å². The first-order valence-corrected chi connectivity index (χ1v) is 13.2. The molecule has 0 saturated carbocycles. The number of aromatic nitrogens is 4. The molecule has 3 heterocycles. The zero-order valence-corrected chi connectivity index (χ0v) is 21.0. The summed E-state index contributed by atoms with van der Waals surface area (Å²) in [5, 5.41) is 0. The fourth-order valence-corrected chi connectivity index (χ4v) is 5.64. The van der Waals surface area contributed by atoms with Crippen molar-refractivity contribution >= 4 is 32.7 Å². The highest BCUT2D eigenvalue weighted by atomic mass is 32.2. The van der Waals surface area contributed by atoms with Crippen molar-refractivity contribution in [2.45, 2.75) is 43.8 Å². The maximum Gasteiger partial charge on any atom is 0.332 e. The smallest absolute Gasteiger partial charge is 0.332 e. The molecule has 2 aromatic heterocycles. The maximum atomic E-state index is 13.5. The average molecular weight is 513 g/mol. The molecule has 0 aliphatic carbocycles. The lowest BCUT2D eigenvalue weighted by Crippen LogP contribution is -2.44. The number of nitrogens with zero attached hydrogens (tertiary/aromatic N) is 5. The van der Waals surface area contributed by atoms with E-state index in [0.717, 1.165) is 17.4 Å². The maximum absolute atomic E-state index is 13.5. The molecule has 190 valence electrons. The van der Waals surface area contributed by atoms with Crippen molar-refractivity contribution in [1.29, 1.82) is 0 Å². The Bertz CT molecular complexity index is 1590. The van der Waals surface area contributed by atoms with Gasteiger partial charge < -0.3 is 10.6 Å². The molecule has 1 aliphatic heterocycles. The summed E-state index contributed by atoms with van der Waals surface area (Å²) in [5.74, 6) is 4.61. The van der Waals surface area contributed by atoms with Gasteiger partial charge in [-0.3, -0.25) is 23.3 Å². The van der Waals surface area contributed by atoms with Crippen LogP contribution in [-0.4, -0.2) is 57.8 Å². The van der Waals surface area contributed by atoms with Crippen LogP contribution in [0.4, 0.5) is 5.95 Å². The second kappa shape index (κ2) is 10.1. The van der Waals surface area contributed by atoms with Crippen LogP contribution in [-0.2, 0) is 34.8 Å². The number of ketones is 1. The zero-order valence-electron chi connectivity index (χ0n) is 20.2. The van der Waals surface area contributed by atoms with E-state index < -0.39 is 39.2 Å². The molecule has 4 rings (SSSR count). The summed E-state index contributed by atoms with van der Waals surface area (Å²) in [6.45, 7) is 2.38. The van der Waals surface area contributed by atoms with Gasteiger partial charge in [-0.05, 0) is 31.9 Å². The molecule has 0 spiro atoms. The Balaban J connectivity index is 1.78. The van der Waals surface area contributed by atoms with E-state index in [1.165, 1.54) is 23.7 Å². The number of carbonyl (C=O) groups excluding carboxylic acids is 1. The Morgan fingerprint density at radius 2 is 1.92 bits per heavy atom. The third-order valence-corrected chi connectivity index (χ3v) is 7.85. The van der Waals surface area contributed by atoms with Crippen LogP contribution in [0.25, 0.3) is 11.2 Å². The first-order valence-electron chi connectivity index (χ1n) is 11.5. The number of Topliss-reactive ketones (excluding diaryl/α,β-unsaturated/α-hetero) is 1. The predicted octanol–water partition coefficient (Wildman–Crippen LogP) is -0.109. The van der Waals surface area contributed by atoms with Crippen LogP contribution in [0.5, 0.6) is 0 Å². The Kier molecular flexibility index (Phi) is 7.14. The Labute approximate surface area is 208 Å². The van der Waals surface area contributed by atoms with E-state index in [-0.39, 0.29) is 28.6 Å². The molecule has 1 fully saturated rings. The van der Waals surface area contributed by atoms with Gasteiger partial charge in [0.2, 0.25) is 5.95 Å². The Morgan fingerprint density at radius 3 is 2.58 bits per heavy atom. The van der Waals surface area contributed by atoms with Gasteiger partial charge in [0.25, 0.3) is 5.56 Å². The molecule has 1 aromatic carbocycles. The first kappa shape index (κ1) is 25.4. The van der Waals surface area contributed by atoms with Crippen LogP contribution in [0.2, 0.25) is 0 Å². The number of nitrogens with two attached hydrogens (primary N) is 1. The average Bonchev–Trinajstić information content (AvgIpc) is 3.24. The molecule has 0 amide bonds. The summed E-state index contributed by atoms with van der Waals surface area (Å²) in [5.41, 5.74) is 4.95. The standard InChI is InChI=1S/C24H28N6O5S/c1-3-4-13-29-20-21(26-23(29)28-12-8-9-17(25)14-28)27(2)24(33)30(22(20)32)15-18(31)16-36(34,35)19-10-6-5-7-11-19/h5-7,10-11,17H,8-9,12-16,25H2,1-2H3. The normalized spacial score (nSPS) is 16.1. The fourth-order valence-electron chi connectivity index (χ4n) is 4.39. The molecule has 12 heteroatoms. The molecule has 1 saturated heterocycles. The molecular formula is C24H28N6O5S. The van der Waals surface area contributed by atoms with E-state index in [2.05, 4.69) is 16.8 Å². The van der Waals surface area contributed by atoms with Crippen molar-refractivity contribution in [2.75, 3.05) is 23.7 Å². The topological polar surface area (TPSA) is 142 Å². The highest BCUT2D eigenvalue weighted by Crippen LogP contribution is 2.22. The number of piperidine rings is 1. The number of anilines is 1. The molecule has 2 N–H and O–H groups in total. The number of benzene rings is 1. The summed E-state index contributed by atoms with van der Waals surface area (Å²) >= 11 is 0. The largest absolute Gasteiger partial charge is 0.341 e. The number of rotatable bonds is 7. The van der Waals surface area contributed by atoms with E-state index in [1.807, 2.05) is 4.90 Å². The lowest BCUT2D eigenvalue weighted by molar-refractivity contribution is -0.117. The van der Waals surface area contributed by atoms with Gasteiger partial charge in [-0.25, -0.2) is 13.2 Å². The molecule has 1 atom stereocenters. The van der Waals surface area contributed by atoms with Crippen LogP contribution in [0.15, 0.2) is 44.8 Å². The van der Waals surface area contributed by atoms with Crippen molar-refractivity contribution < 1.29 is 13.2 Å². The van der Waals surface area contributed by atoms with Crippen molar-refractivity contribution in [3.63, 3.8) is 0 Å². The van der Waals surface area contributed by atoms with Gasteiger partial charge in [0.15, 0.2) is 26.8 Å². The van der Waals surface area contributed by atoms with Crippen LogP contribution in [0, 0.1) is 11.8 Å². The number of aryl methyl sites for hydroxylation is 1. The van der Waals surface area contributed by atoms with Crippen LogP contribution < -0.4 is 21.9 Å². The molecule has 36 heavy (non-hydrogen) atoms. The summed E-state index contributed by atoms with van der Waals surface area (Å²) in [6.07, 6.45) is 1.74. The molecule has 0 radical (unpaired) electrons. The van der Waals surface area contributed by atoms with Gasteiger partial charge in [-0.1, -0.05) is 24.1 Å². The van der Waals surface area contributed by atoms with Gasteiger partial charge in [0.1, 0.15) is 5.75 Å². The van der Waals surface area contributed by atoms with Crippen molar-refractivity contribution in [1.82, 2.24) is 18.7 Å². The van der Waals surface area contributed by atoms with Crippen LogP contribution in [0.1, 0.15) is 19.8 Å². The van der Waals surface area contributed by atoms with Crippen LogP contribution in [0.3, 0.4) is 0 Å². The minimum atomic E-state index is -3.92. The highest BCUT2D eigenvalue weighted by Gasteiger charge is 2.27. The summed E-state index contributed by atoms with van der Waals surface area (Å²) in [6, 6.07) is 7.51. The minimum absolute atomic E-state index is 0.00495. The lowest BCUT2D eigenvalue weighted by atomic mass is 10.1. The van der Waals surface area contributed by atoms with Crippen molar-refractivity contribution in [3.8, 4) is 11.8 Å². The number of hydrogen-bond acceptors (Lipinski definition) is 8. The monoisotopic (exact) mass is 512 g/mol. The molecule has 1 aliphatic rings. The third-order valence-electron chi connectivity index (χ3n) is 6.15. The molecule has 3 aromatic rings. The molecular weight excluding hydrogens is 484 g/mol. The second-order valence-corrected chi connectivity index (χ2v) is 10.8. The van der Waals surface area contributed by atoms with Crippen LogP contribution >= 0.6 is 0 Å². The van der Waals surface area contributed by atoms with Crippen molar-refractivity contribution in [2.24, 2.45) is 12.8 Å². The predicted molar refractivity (Wildman–Crippen MR) is 136 cm³/mol. The zero-order chi connectivity index (χ0) is 26.0. The van der Waals surface area contributed by atoms with E-state index >= 15 is 0 Å². The van der Waals surface area contributed by atoms with Gasteiger partial charge in [0.05, 0.1) is 18.0 Å². The number of sulfone groups is 1. The number of carbonyl (C=O) groups is 1. The number of fused-ring (bicyclic) bond motifs is 1. The number of imidazole rings is 1. The summed E-state index contributed by atoms with van der Waals surface area (Å²) in [7, 11) is -2.46. The molecule has 1 unspecified atom stereocenters. The first-order chi connectivity index (χ1) is 17.1. The number of hydrogen-bond donors (Lipinski definition) is 1. The Morgan fingerprint density at radius 1 is 1.19 bits per heavy atom. The second-order valence-electron chi connectivity index (χ2n) is 8.79. The van der Waals surface area contributed by atoms with Gasteiger partial charge >= 0.3 is 5.69 Å². The SMILES string of the molecule is CC#CCn1c(N2CCCC(N)C2)nc2c1c(=O)n(CC(=O)CS(=O)(=O)c1ccccc1)c(=O)n2C. The van der Waals surface area contributed by atoms with E-state index in [1.54, 1.807) is 29.7 Å². The molecule has 0 bridgehead atoms. The van der Waals surface area contributed by atoms with Gasteiger partial charge in [-0.15, -0.1) is 5.92 Å².